The third kappa shape index (κ3) is 4.31. The van der Waals surface area contributed by atoms with Crippen molar-refractivity contribution < 1.29 is 14.3 Å². The van der Waals surface area contributed by atoms with Crippen LogP contribution in [0.2, 0.25) is 0 Å². The van der Waals surface area contributed by atoms with Gasteiger partial charge in [-0.3, -0.25) is 9.36 Å². The van der Waals surface area contributed by atoms with Crippen molar-refractivity contribution in [3.63, 3.8) is 0 Å². The monoisotopic (exact) mass is 467 g/mol. The van der Waals surface area contributed by atoms with Crippen molar-refractivity contribution in [1.82, 2.24) is 14.8 Å². The van der Waals surface area contributed by atoms with Crippen LogP contribution >= 0.6 is 23.1 Å². The molecule has 1 saturated carbocycles. The van der Waals surface area contributed by atoms with Crippen LogP contribution in [-0.4, -0.2) is 46.2 Å². The standard InChI is InChI=1S/C22H21N5O3S2/c23-8-2-9-26(16-6-7-17-18(13-16)30-11-10-29-17)20(28)14-32-22-25-24-21(19-3-1-12-31-19)27(22)15-4-5-15/h1,3,6-7,12-13,15H,2,4-5,9-11,14H2. The van der Waals surface area contributed by atoms with E-state index in [0.717, 1.165) is 28.7 Å². The molecule has 164 valence electrons. The van der Waals surface area contributed by atoms with Gasteiger partial charge in [-0.2, -0.15) is 5.26 Å². The van der Waals surface area contributed by atoms with Gasteiger partial charge in [0.25, 0.3) is 0 Å². The number of nitrogens with zero attached hydrogens (tertiary/aromatic N) is 5. The first kappa shape index (κ1) is 20.8. The average Bonchev–Trinajstić information content (AvgIpc) is 3.33. The molecule has 0 N–H and O–H groups in total. The van der Waals surface area contributed by atoms with Crippen LogP contribution in [0.15, 0.2) is 40.9 Å². The van der Waals surface area contributed by atoms with Crippen LogP contribution in [0.4, 0.5) is 5.69 Å². The molecule has 1 fully saturated rings. The Bertz CT molecular complexity index is 1150. The number of aromatic nitrogens is 3. The van der Waals surface area contributed by atoms with E-state index in [0.29, 0.717) is 43.0 Å². The Morgan fingerprint density at radius 3 is 2.84 bits per heavy atom. The van der Waals surface area contributed by atoms with Crippen LogP contribution in [0.3, 0.4) is 0 Å². The number of benzene rings is 1. The summed E-state index contributed by atoms with van der Waals surface area (Å²) in [5, 5.41) is 20.6. The van der Waals surface area contributed by atoms with Crippen LogP contribution < -0.4 is 14.4 Å². The maximum Gasteiger partial charge on any atom is 0.237 e. The van der Waals surface area contributed by atoms with Crippen LogP contribution in [0.1, 0.15) is 25.3 Å². The molecule has 3 aromatic rings. The summed E-state index contributed by atoms with van der Waals surface area (Å²) in [4.78, 5) is 15.9. The fourth-order valence-corrected chi connectivity index (χ4v) is 5.16. The molecule has 0 radical (unpaired) electrons. The second kappa shape index (κ2) is 9.22. The lowest BCUT2D eigenvalue weighted by Gasteiger charge is -2.24. The largest absolute Gasteiger partial charge is 0.486 e. The number of ether oxygens (including phenoxy) is 2. The zero-order chi connectivity index (χ0) is 21.9. The predicted molar refractivity (Wildman–Crippen MR) is 122 cm³/mol. The van der Waals surface area contributed by atoms with Crippen LogP contribution in [0.5, 0.6) is 11.5 Å². The highest BCUT2D eigenvalue weighted by Gasteiger charge is 2.31. The van der Waals surface area contributed by atoms with Gasteiger partial charge in [-0.05, 0) is 36.4 Å². The summed E-state index contributed by atoms with van der Waals surface area (Å²) < 4.78 is 13.4. The van der Waals surface area contributed by atoms with Crippen molar-refractivity contribution in [3.8, 4) is 28.3 Å². The van der Waals surface area contributed by atoms with E-state index in [1.54, 1.807) is 28.4 Å². The summed E-state index contributed by atoms with van der Waals surface area (Å²) in [6.45, 7) is 1.29. The van der Waals surface area contributed by atoms with Crippen molar-refractivity contribution >= 4 is 34.7 Å². The number of amides is 1. The van der Waals surface area contributed by atoms with Gasteiger partial charge in [-0.15, -0.1) is 21.5 Å². The SMILES string of the molecule is N#CCCN(C(=O)CSc1nnc(-c2cccs2)n1C1CC1)c1ccc2c(c1)OCCO2. The van der Waals surface area contributed by atoms with Crippen molar-refractivity contribution in [2.75, 3.05) is 30.4 Å². The van der Waals surface area contributed by atoms with Gasteiger partial charge in [0, 0.05) is 24.3 Å². The molecule has 1 aromatic carbocycles. The van der Waals surface area contributed by atoms with Crippen molar-refractivity contribution in [2.24, 2.45) is 0 Å². The number of fused-ring (bicyclic) bond motifs is 1. The number of hydrogen-bond donors (Lipinski definition) is 0. The third-order valence-electron chi connectivity index (χ3n) is 5.23. The highest BCUT2D eigenvalue weighted by atomic mass is 32.2. The molecule has 8 nitrogen and oxygen atoms in total. The molecule has 0 spiro atoms. The smallest absolute Gasteiger partial charge is 0.237 e. The minimum atomic E-state index is -0.0926. The topological polar surface area (TPSA) is 93.3 Å². The number of carbonyl (C=O) groups is 1. The Hall–Kier alpha value is -3.03. The van der Waals surface area contributed by atoms with Crippen LogP contribution in [0.25, 0.3) is 10.7 Å². The molecule has 0 unspecified atom stereocenters. The van der Waals surface area contributed by atoms with Crippen molar-refractivity contribution in [3.05, 3.63) is 35.7 Å². The lowest BCUT2D eigenvalue weighted by molar-refractivity contribution is -0.116. The van der Waals surface area contributed by atoms with E-state index < -0.39 is 0 Å². The summed E-state index contributed by atoms with van der Waals surface area (Å²) in [5.74, 6) is 2.26. The minimum absolute atomic E-state index is 0.0926. The first-order valence-electron chi connectivity index (χ1n) is 10.4. The van der Waals surface area contributed by atoms with E-state index in [2.05, 4.69) is 20.8 Å². The molecule has 1 aliphatic heterocycles. The Balaban J connectivity index is 1.34. The van der Waals surface area contributed by atoms with Crippen molar-refractivity contribution in [1.29, 1.82) is 5.26 Å². The minimum Gasteiger partial charge on any atom is -0.486 e. The molecule has 10 heteroatoms. The number of thiophene rings is 1. The number of hydrogen-bond acceptors (Lipinski definition) is 8. The van der Waals surface area contributed by atoms with E-state index in [4.69, 9.17) is 14.7 Å². The lowest BCUT2D eigenvalue weighted by atomic mass is 10.2. The molecule has 2 aliphatic rings. The van der Waals surface area contributed by atoms with E-state index in [-0.39, 0.29) is 18.1 Å². The highest BCUT2D eigenvalue weighted by Crippen LogP contribution is 2.42. The zero-order valence-electron chi connectivity index (χ0n) is 17.3. The average molecular weight is 468 g/mol. The number of rotatable bonds is 8. The van der Waals surface area contributed by atoms with Gasteiger partial charge in [0.15, 0.2) is 22.5 Å². The summed E-state index contributed by atoms with van der Waals surface area (Å²) in [5.41, 5.74) is 0.693. The summed E-state index contributed by atoms with van der Waals surface area (Å²) >= 11 is 3.03. The maximum absolute atomic E-state index is 13.2. The summed E-state index contributed by atoms with van der Waals surface area (Å²) in [7, 11) is 0. The molecule has 0 saturated heterocycles. The van der Waals surface area contributed by atoms with E-state index in [9.17, 15) is 4.79 Å². The number of thioether (sulfide) groups is 1. The van der Waals surface area contributed by atoms with Crippen molar-refractivity contribution in [2.45, 2.75) is 30.5 Å². The van der Waals surface area contributed by atoms with Gasteiger partial charge < -0.3 is 14.4 Å². The molecule has 2 aromatic heterocycles. The van der Waals surface area contributed by atoms with Gasteiger partial charge in [-0.1, -0.05) is 17.8 Å². The summed E-state index contributed by atoms with van der Waals surface area (Å²) in [6, 6.07) is 12.0. The molecular weight excluding hydrogens is 446 g/mol. The normalized spacial score (nSPS) is 14.7. The molecule has 3 heterocycles. The van der Waals surface area contributed by atoms with Gasteiger partial charge in [0.2, 0.25) is 5.91 Å². The highest BCUT2D eigenvalue weighted by molar-refractivity contribution is 7.99. The number of nitriles is 1. The molecule has 0 atom stereocenters. The predicted octanol–water partition coefficient (Wildman–Crippen LogP) is 4.15. The van der Waals surface area contributed by atoms with E-state index in [1.165, 1.54) is 11.8 Å². The molecule has 0 bridgehead atoms. The maximum atomic E-state index is 13.2. The molecular formula is C22H21N5O3S2. The van der Waals surface area contributed by atoms with E-state index in [1.807, 2.05) is 23.6 Å². The fourth-order valence-electron chi connectivity index (χ4n) is 3.57. The van der Waals surface area contributed by atoms with Crippen LogP contribution in [0, 0.1) is 11.3 Å². The molecule has 5 rings (SSSR count). The Kier molecular flexibility index (Phi) is 6.01. The second-order valence-corrected chi connectivity index (χ2v) is 9.34. The first-order chi connectivity index (χ1) is 15.7. The molecule has 1 aliphatic carbocycles. The number of anilines is 1. The zero-order valence-corrected chi connectivity index (χ0v) is 18.9. The quantitative estimate of drug-likeness (QED) is 0.459. The number of carbonyl (C=O) groups excluding carboxylic acids is 1. The van der Waals surface area contributed by atoms with Gasteiger partial charge >= 0.3 is 0 Å². The second-order valence-electron chi connectivity index (χ2n) is 7.45. The summed E-state index contributed by atoms with van der Waals surface area (Å²) in [6.07, 6.45) is 2.44. The Morgan fingerprint density at radius 2 is 2.09 bits per heavy atom. The Morgan fingerprint density at radius 1 is 1.25 bits per heavy atom. The van der Waals surface area contributed by atoms with Gasteiger partial charge in [-0.25, -0.2) is 0 Å². The lowest BCUT2D eigenvalue weighted by Crippen LogP contribution is -2.33. The van der Waals surface area contributed by atoms with E-state index >= 15 is 0 Å². The van der Waals surface area contributed by atoms with Gasteiger partial charge in [0.05, 0.1) is 23.1 Å². The van der Waals surface area contributed by atoms with Gasteiger partial charge in [0.1, 0.15) is 13.2 Å². The first-order valence-corrected chi connectivity index (χ1v) is 12.3. The third-order valence-corrected chi connectivity index (χ3v) is 7.02. The van der Waals surface area contributed by atoms with Crippen LogP contribution in [-0.2, 0) is 4.79 Å². The molecule has 32 heavy (non-hydrogen) atoms. The molecule has 1 amide bonds. The fraction of sp³-hybridized carbons (Fsp3) is 0.364. The Labute approximate surface area is 193 Å².